The maximum absolute atomic E-state index is 13.0. The van der Waals surface area contributed by atoms with Crippen molar-refractivity contribution in [2.75, 3.05) is 0 Å². The Labute approximate surface area is 169 Å². The first-order chi connectivity index (χ1) is 13.4. The van der Waals surface area contributed by atoms with Gasteiger partial charge in [0, 0.05) is 5.92 Å². The SMILES string of the molecule is CC1(O)CCCC(CCC2CCCC3(C)C(C(=O)Cn4nccn4)CCC23)C1. The first-order valence-electron chi connectivity index (χ1n) is 11.5. The number of aliphatic hydroxyl groups is 1. The summed E-state index contributed by atoms with van der Waals surface area (Å²) >= 11 is 0. The van der Waals surface area contributed by atoms with Crippen molar-refractivity contribution >= 4 is 5.78 Å². The quantitative estimate of drug-likeness (QED) is 0.785. The summed E-state index contributed by atoms with van der Waals surface area (Å²) < 4.78 is 0. The third kappa shape index (κ3) is 4.05. The van der Waals surface area contributed by atoms with E-state index in [1.54, 1.807) is 12.4 Å². The Morgan fingerprint density at radius 2 is 1.82 bits per heavy atom. The van der Waals surface area contributed by atoms with Crippen LogP contribution in [-0.2, 0) is 11.3 Å². The fourth-order valence-electron chi connectivity index (χ4n) is 7.09. The molecule has 4 rings (SSSR count). The van der Waals surface area contributed by atoms with Crippen LogP contribution in [-0.4, -0.2) is 31.5 Å². The minimum atomic E-state index is -0.449. The van der Waals surface area contributed by atoms with E-state index in [0.717, 1.165) is 25.2 Å². The molecule has 3 saturated carbocycles. The van der Waals surface area contributed by atoms with Gasteiger partial charge < -0.3 is 5.11 Å². The molecule has 6 unspecified atom stereocenters. The summed E-state index contributed by atoms with van der Waals surface area (Å²) in [6.07, 6.45) is 16.2. The van der Waals surface area contributed by atoms with Crippen LogP contribution in [0.25, 0.3) is 0 Å². The molecule has 1 N–H and O–H groups in total. The number of fused-ring (bicyclic) bond motifs is 1. The molecule has 156 valence electrons. The van der Waals surface area contributed by atoms with Crippen molar-refractivity contribution in [2.45, 2.75) is 96.6 Å². The Bertz CT molecular complexity index is 671. The van der Waals surface area contributed by atoms with Crippen molar-refractivity contribution < 1.29 is 9.90 Å². The highest BCUT2D eigenvalue weighted by atomic mass is 16.3. The standard InChI is InChI=1S/C23H37N3O2/c1-22(28)11-3-5-17(15-22)7-8-18-6-4-12-23(2)19(18)9-10-20(23)21(27)16-26-24-13-14-25-26/h13-14,17-20,28H,3-12,15-16H2,1-2H3. The van der Waals surface area contributed by atoms with E-state index < -0.39 is 5.60 Å². The second kappa shape index (κ2) is 7.89. The van der Waals surface area contributed by atoms with Gasteiger partial charge in [0.1, 0.15) is 6.54 Å². The summed E-state index contributed by atoms with van der Waals surface area (Å²) in [5, 5.41) is 18.7. The van der Waals surface area contributed by atoms with Gasteiger partial charge in [-0.1, -0.05) is 39.0 Å². The zero-order valence-corrected chi connectivity index (χ0v) is 17.6. The maximum atomic E-state index is 13.0. The maximum Gasteiger partial charge on any atom is 0.159 e. The molecule has 5 nitrogen and oxygen atoms in total. The average molecular weight is 388 g/mol. The van der Waals surface area contributed by atoms with Crippen LogP contribution in [0.5, 0.6) is 0 Å². The van der Waals surface area contributed by atoms with Crippen LogP contribution in [0, 0.1) is 29.1 Å². The van der Waals surface area contributed by atoms with Crippen molar-refractivity contribution in [3.63, 3.8) is 0 Å². The molecule has 0 spiro atoms. The Balaban J connectivity index is 1.37. The summed E-state index contributed by atoms with van der Waals surface area (Å²) in [5.41, 5.74) is -0.291. The normalized spacial score (nSPS) is 41.0. The van der Waals surface area contributed by atoms with Gasteiger partial charge in [0.15, 0.2) is 5.78 Å². The Morgan fingerprint density at radius 3 is 2.57 bits per heavy atom. The van der Waals surface area contributed by atoms with Gasteiger partial charge in [0.25, 0.3) is 0 Å². The molecule has 1 aromatic heterocycles. The molecular weight excluding hydrogens is 350 g/mol. The zero-order chi connectivity index (χ0) is 19.8. The molecule has 3 fully saturated rings. The topological polar surface area (TPSA) is 68.0 Å². The lowest BCUT2D eigenvalue weighted by Crippen LogP contribution is -2.41. The van der Waals surface area contributed by atoms with E-state index in [9.17, 15) is 9.90 Å². The summed E-state index contributed by atoms with van der Waals surface area (Å²) in [5.74, 6) is 2.62. The number of carbonyl (C=O) groups excluding carboxylic acids is 1. The molecule has 0 aliphatic heterocycles. The lowest BCUT2D eigenvalue weighted by atomic mass is 9.59. The summed E-state index contributed by atoms with van der Waals surface area (Å²) in [6, 6.07) is 0. The minimum absolute atomic E-state index is 0.158. The highest BCUT2D eigenvalue weighted by Gasteiger charge is 2.53. The van der Waals surface area contributed by atoms with Crippen LogP contribution >= 0.6 is 0 Å². The Morgan fingerprint density at radius 1 is 1.07 bits per heavy atom. The van der Waals surface area contributed by atoms with Crippen molar-refractivity contribution in [3.8, 4) is 0 Å². The molecule has 5 heteroatoms. The van der Waals surface area contributed by atoms with Crippen molar-refractivity contribution in [1.82, 2.24) is 15.0 Å². The molecule has 3 aliphatic carbocycles. The number of carbonyl (C=O) groups is 1. The molecule has 0 bridgehead atoms. The number of Topliss-reactive ketones (excluding diaryl/α,β-unsaturated/α-hetero) is 1. The lowest BCUT2D eigenvalue weighted by Gasteiger charge is -2.45. The predicted octanol–water partition coefficient (Wildman–Crippen LogP) is 4.40. The molecule has 1 aromatic rings. The van der Waals surface area contributed by atoms with Crippen LogP contribution < -0.4 is 0 Å². The molecule has 28 heavy (non-hydrogen) atoms. The number of nitrogens with zero attached hydrogens (tertiary/aromatic N) is 3. The fraction of sp³-hybridized carbons (Fsp3) is 0.870. The van der Waals surface area contributed by atoms with Crippen LogP contribution in [0.1, 0.15) is 84.5 Å². The van der Waals surface area contributed by atoms with Gasteiger partial charge >= 0.3 is 0 Å². The van der Waals surface area contributed by atoms with Gasteiger partial charge in [-0.15, -0.1) is 0 Å². The van der Waals surface area contributed by atoms with Gasteiger partial charge in [0.2, 0.25) is 0 Å². The lowest BCUT2D eigenvalue weighted by molar-refractivity contribution is -0.128. The van der Waals surface area contributed by atoms with E-state index in [1.807, 2.05) is 6.92 Å². The molecule has 0 radical (unpaired) electrons. The fourth-order valence-corrected chi connectivity index (χ4v) is 7.09. The average Bonchev–Trinajstić information content (AvgIpc) is 3.26. The first kappa shape index (κ1) is 20.1. The number of hydrogen-bond donors (Lipinski definition) is 1. The van der Waals surface area contributed by atoms with Crippen LogP contribution in [0.2, 0.25) is 0 Å². The van der Waals surface area contributed by atoms with E-state index in [-0.39, 0.29) is 11.3 Å². The van der Waals surface area contributed by atoms with E-state index in [0.29, 0.717) is 24.2 Å². The van der Waals surface area contributed by atoms with Crippen LogP contribution in [0.15, 0.2) is 12.4 Å². The molecule has 0 saturated heterocycles. The van der Waals surface area contributed by atoms with E-state index in [1.165, 1.54) is 56.2 Å². The molecule has 1 heterocycles. The summed E-state index contributed by atoms with van der Waals surface area (Å²) in [4.78, 5) is 14.6. The largest absolute Gasteiger partial charge is 0.390 e. The Kier molecular flexibility index (Phi) is 5.65. The first-order valence-corrected chi connectivity index (χ1v) is 11.5. The summed E-state index contributed by atoms with van der Waals surface area (Å²) in [6.45, 7) is 4.72. The van der Waals surface area contributed by atoms with E-state index in [4.69, 9.17) is 0 Å². The second-order valence-corrected chi connectivity index (χ2v) is 10.5. The van der Waals surface area contributed by atoms with Gasteiger partial charge in [0.05, 0.1) is 18.0 Å². The van der Waals surface area contributed by atoms with Crippen LogP contribution in [0.4, 0.5) is 0 Å². The molecule has 0 amide bonds. The number of ketones is 1. The molecule has 0 aromatic carbocycles. The van der Waals surface area contributed by atoms with E-state index >= 15 is 0 Å². The van der Waals surface area contributed by atoms with Gasteiger partial charge in [-0.3, -0.25) is 4.79 Å². The second-order valence-electron chi connectivity index (χ2n) is 10.5. The van der Waals surface area contributed by atoms with Crippen molar-refractivity contribution in [3.05, 3.63) is 12.4 Å². The highest BCUT2D eigenvalue weighted by molar-refractivity contribution is 5.81. The van der Waals surface area contributed by atoms with Crippen molar-refractivity contribution in [2.24, 2.45) is 29.1 Å². The smallest absolute Gasteiger partial charge is 0.159 e. The molecule has 6 atom stereocenters. The Hall–Kier alpha value is -1.23. The van der Waals surface area contributed by atoms with Crippen LogP contribution in [0.3, 0.4) is 0 Å². The monoisotopic (exact) mass is 387 g/mol. The van der Waals surface area contributed by atoms with Gasteiger partial charge in [-0.2, -0.15) is 15.0 Å². The minimum Gasteiger partial charge on any atom is -0.390 e. The predicted molar refractivity (Wildman–Crippen MR) is 109 cm³/mol. The van der Waals surface area contributed by atoms with Crippen molar-refractivity contribution in [1.29, 1.82) is 0 Å². The van der Waals surface area contributed by atoms with Gasteiger partial charge in [-0.25, -0.2) is 0 Å². The highest BCUT2D eigenvalue weighted by Crippen LogP contribution is 2.59. The number of hydrogen-bond acceptors (Lipinski definition) is 4. The zero-order valence-electron chi connectivity index (χ0n) is 17.6. The molecular formula is C23H37N3O2. The third-order valence-electron chi connectivity index (χ3n) is 8.42. The number of aromatic nitrogens is 3. The number of rotatable bonds is 6. The molecule has 3 aliphatic rings. The van der Waals surface area contributed by atoms with E-state index in [2.05, 4.69) is 17.1 Å². The van der Waals surface area contributed by atoms with Gasteiger partial charge in [-0.05, 0) is 68.6 Å². The summed E-state index contributed by atoms with van der Waals surface area (Å²) in [7, 11) is 0. The third-order valence-corrected chi connectivity index (χ3v) is 8.42.